The summed E-state index contributed by atoms with van der Waals surface area (Å²) in [5, 5.41) is 7.99. The molecule has 0 bridgehead atoms. The summed E-state index contributed by atoms with van der Waals surface area (Å²) in [6, 6.07) is 16.5. The number of nitrogens with two attached hydrogens (primary N) is 1. The summed E-state index contributed by atoms with van der Waals surface area (Å²) in [6.07, 6.45) is 5.61. The van der Waals surface area contributed by atoms with E-state index in [1.54, 1.807) is 4.68 Å². The van der Waals surface area contributed by atoms with Crippen LogP contribution >= 0.6 is 0 Å². The number of aryl methyl sites for hydroxylation is 2. The molecule has 1 fully saturated rings. The van der Waals surface area contributed by atoms with Gasteiger partial charge in [0.2, 0.25) is 0 Å². The number of hydrogen-bond donors (Lipinski definition) is 2. The molecular formula is C24H28N4O. The Balaban J connectivity index is 1.69. The summed E-state index contributed by atoms with van der Waals surface area (Å²) in [5.74, 6) is -0.0686. The molecule has 1 aliphatic rings. The molecule has 1 heterocycles. The lowest BCUT2D eigenvalue weighted by Gasteiger charge is -2.26. The average molecular weight is 389 g/mol. The van der Waals surface area contributed by atoms with E-state index >= 15 is 0 Å². The zero-order valence-electron chi connectivity index (χ0n) is 17.1. The van der Waals surface area contributed by atoms with Gasteiger partial charge in [-0.25, -0.2) is 4.68 Å². The third-order valence-electron chi connectivity index (χ3n) is 5.87. The van der Waals surface area contributed by atoms with Gasteiger partial charge in [-0.15, -0.1) is 0 Å². The largest absolute Gasteiger partial charge is 0.349 e. The van der Waals surface area contributed by atoms with E-state index in [0.717, 1.165) is 36.9 Å². The molecule has 5 heteroatoms. The molecule has 0 atom stereocenters. The van der Waals surface area contributed by atoms with Crippen LogP contribution in [0.5, 0.6) is 0 Å². The van der Waals surface area contributed by atoms with Gasteiger partial charge in [0, 0.05) is 23.8 Å². The Hall–Kier alpha value is -2.92. The third-order valence-corrected chi connectivity index (χ3v) is 5.87. The minimum Gasteiger partial charge on any atom is -0.349 e. The predicted molar refractivity (Wildman–Crippen MR) is 116 cm³/mol. The summed E-state index contributed by atoms with van der Waals surface area (Å²) in [7, 11) is 0. The second kappa shape index (κ2) is 8.21. The number of carbonyl (C=O) groups is 1. The molecule has 0 aliphatic heterocycles. The molecule has 0 unspecified atom stereocenters. The highest BCUT2D eigenvalue weighted by Crippen LogP contribution is 2.26. The number of hydrogen-bond acceptors (Lipinski definition) is 3. The second-order valence-corrected chi connectivity index (χ2v) is 8.06. The fraction of sp³-hybridized carbons (Fsp3) is 0.333. The maximum absolute atomic E-state index is 13.2. The molecule has 0 radical (unpaired) electrons. The Morgan fingerprint density at radius 3 is 2.45 bits per heavy atom. The van der Waals surface area contributed by atoms with Crippen molar-refractivity contribution in [3.8, 4) is 16.9 Å². The highest BCUT2D eigenvalue weighted by Gasteiger charge is 2.24. The van der Waals surface area contributed by atoms with Crippen LogP contribution in [0.1, 0.15) is 47.2 Å². The summed E-state index contributed by atoms with van der Waals surface area (Å²) >= 11 is 0. The van der Waals surface area contributed by atoms with Crippen molar-refractivity contribution in [3.05, 3.63) is 71.4 Å². The van der Waals surface area contributed by atoms with Crippen LogP contribution < -0.4 is 11.1 Å². The lowest BCUT2D eigenvalue weighted by molar-refractivity contribution is 0.0926. The standard InChI is InChI=1S/C24H28N4O/c1-16-8-9-18(14-17(16)2)23-22(15-28(27-23)21-6-4-3-5-7-21)24(29)26-20-12-10-19(25)11-13-20/h3-9,14-15,19-20H,10-13,25H2,1-2H3,(H,26,29). The zero-order chi connectivity index (χ0) is 20.4. The first kappa shape index (κ1) is 19.4. The molecule has 1 amide bonds. The van der Waals surface area contributed by atoms with Crippen LogP contribution in [0.25, 0.3) is 16.9 Å². The number of amides is 1. The molecule has 1 saturated carbocycles. The molecule has 29 heavy (non-hydrogen) atoms. The molecule has 4 rings (SSSR count). The van der Waals surface area contributed by atoms with Crippen molar-refractivity contribution in [1.29, 1.82) is 0 Å². The molecular weight excluding hydrogens is 360 g/mol. The van der Waals surface area contributed by atoms with Crippen LogP contribution in [0.15, 0.2) is 54.7 Å². The smallest absolute Gasteiger partial charge is 0.255 e. The van der Waals surface area contributed by atoms with Crippen molar-refractivity contribution in [2.75, 3.05) is 0 Å². The van der Waals surface area contributed by atoms with Crippen molar-refractivity contribution in [3.63, 3.8) is 0 Å². The number of nitrogens with zero attached hydrogens (tertiary/aromatic N) is 2. The third kappa shape index (κ3) is 4.25. The van der Waals surface area contributed by atoms with E-state index in [0.29, 0.717) is 11.3 Å². The van der Waals surface area contributed by atoms with Gasteiger partial charge in [-0.1, -0.05) is 30.3 Å². The zero-order valence-corrected chi connectivity index (χ0v) is 17.1. The van der Waals surface area contributed by atoms with E-state index in [2.05, 4.69) is 31.3 Å². The summed E-state index contributed by atoms with van der Waals surface area (Å²) in [5.41, 5.74) is 11.6. The first-order chi connectivity index (χ1) is 14.0. The number of rotatable bonds is 4. The van der Waals surface area contributed by atoms with E-state index in [1.165, 1.54) is 11.1 Å². The van der Waals surface area contributed by atoms with Crippen LogP contribution in [0.4, 0.5) is 0 Å². The Labute approximate surface area is 171 Å². The van der Waals surface area contributed by atoms with Gasteiger partial charge in [0.05, 0.1) is 11.3 Å². The van der Waals surface area contributed by atoms with E-state index < -0.39 is 0 Å². The Morgan fingerprint density at radius 2 is 1.76 bits per heavy atom. The summed E-state index contributed by atoms with van der Waals surface area (Å²) in [6.45, 7) is 4.17. The van der Waals surface area contributed by atoms with Crippen molar-refractivity contribution >= 4 is 5.91 Å². The van der Waals surface area contributed by atoms with Crippen molar-refractivity contribution in [2.24, 2.45) is 5.73 Å². The van der Waals surface area contributed by atoms with Crippen LogP contribution in [0, 0.1) is 13.8 Å². The molecule has 1 aromatic heterocycles. The lowest BCUT2D eigenvalue weighted by Crippen LogP contribution is -2.40. The number of carbonyl (C=O) groups excluding carboxylic acids is 1. The molecule has 5 nitrogen and oxygen atoms in total. The fourth-order valence-corrected chi connectivity index (χ4v) is 3.88. The highest BCUT2D eigenvalue weighted by atomic mass is 16.1. The quantitative estimate of drug-likeness (QED) is 0.705. The number of para-hydroxylation sites is 1. The van der Waals surface area contributed by atoms with E-state index in [9.17, 15) is 4.79 Å². The Morgan fingerprint density at radius 1 is 1.03 bits per heavy atom. The minimum absolute atomic E-state index is 0.0686. The molecule has 3 aromatic rings. The molecule has 0 spiro atoms. The van der Waals surface area contributed by atoms with Crippen LogP contribution in [0.3, 0.4) is 0 Å². The highest BCUT2D eigenvalue weighted by molar-refractivity contribution is 6.00. The van der Waals surface area contributed by atoms with Crippen molar-refractivity contribution < 1.29 is 4.79 Å². The molecule has 0 saturated heterocycles. The maximum atomic E-state index is 13.2. The fourth-order valence-electron chi connectivity index (χ4n) is 3.88. The normalized spacial score (nSPS) is 19.1. The summed E-state index contributed by atoms with van der Waals surface area (Å²) in [4.78, 5) is 13.2. The minimum atomic E-state index is -0.0686. The van der Waals surface area contributed by atoms with Gasteiger partial charge in [-0.3, -0.25) is 4.79 Å². The lowest BCUT2D eigenvalue weighted by atomic mass is 9.91. The number of benzene rings is 2. The monoisotopic (exact) mass is 388 g/mol. The van der Waals surface area contributed by atoms with E-state index in [4.69, 9.17) is 10.8 Å². The van der Waals surface area contributed by atoms with E-state index in [-0.39, 0.29) is 18.0 Å². The second-order valence-electron chi connectivity index (χ2n) is 8.06. The first-order valence-corrected chi connectivity index (χ1v) is 10.3. The van der Waals surface area contributed by atoms with Gasteiger partial charge in [-0.2, -0.15) is 5.10 Å². The Bertz CT molecular complexity index is 1000. The predicted octanol–water partition coefficient (Wildman–Crippen LogP) is 4.16. The first-order valence-electron chi connectivity index (χ1n) is 10.3. The number of nitrogens with one attached hydrogen (secondary N) is 1. The van der Waals surface area contributed by atoms with E-state index in [1.807, 2.05) is 42.6 Å². The van der Waals surface area contributed by atoms with Gasteiger partial charge >= 0.3 is 0 Å². The molecule has 3 N–H and O–H groups in total. The topological polar surface area (TPSA) is 72.9 Å². The SMILES string of the molecule is Cc1ccc(-c2nn(-c3ccccc3)cc2C(=O)NC2CCC(N)CC2)cc1C. The van der Waals surface area contributed by atoms with Gasteiger partial charge in [-0.05, 0) is 68.9 Å². The summed E-state index contributed by atoms with van der Waals surface area (Å²) < 4.78 is 1.79. The van der Waals surface area contributed by atoms with Gasteiger partial charge < -0.3 is 11.1 Å². The molecule has 2 aromatic carbocycles. The van der Waals surface area contributed by atoms with Gasteiger partial charge in [0.1, 0.15) is 5.69 Å². The van der Waals surface area contributed by atoms with Crippen molar-refractivity contribution in [1.82, 2.24) is 15.1 Å². The van der Waals surface area contributed by atoms with Crippen LogP contribution in [0.2, 0.25) is 0 Å². The Kier molecular flexibility index (Phi) is 5.49. The average Bonchev–Trinajstić information content (AvgIpc) is 3.18. The van der Waals surface area contributed by atoms with Gasteiger partial charge in [0.15, 0.2) is 0 Å². The van der Waals surface area contributed by atoms with Crippen molar-refractivity contribution in [2.45, 2.75) is 51.6 Å². The molecule has 1 aliphatic carbocycles. The number of aromatic nitrogens is 2. The van der Waals surface area contributed by atoms with Crippen LogP contribution in [-0.4, -0.2) is 27.8 Å². The van der Waals surface area contributed by atoms with Crippen LogP contribution in [-0.2, 0) is 0 Å². The van der Waals surface area contributed by atoms with Gasteiger partial charge in [0.25, 0.3) is 5.91 Å². The molecule has 150 valence electrons. The maximum Gasteiger partial charge on any atom is 0.255 e.